The topological polar surface area (TPSA) is 102 Å². The monoisotopic (exact) mass is 460 g/mol. The van der Waals surface area contributed by atoms with Crippen molar-refractivity contribution in [2.45, 2.75) is 31.7 Å². The molecular weight excluding hydrogens is 441 g/mol. The van der Waals surface area contributed by atoms with Crippen molar-refractivity contribution in [3.63, 3.8) is 0 Å². The van der Waals surface area contributed by atoms with Gasteiger partial charge in [-0.3, -0.25) is 14.4 Å². The fourth-order valence-electron chi connectivity index (χ4n) is 3.54. The summed E-state index contributed by atoms with van der Waals surface area (Å²) in [5, 5.41) is 9.41. The summed E-state index contributed by atoms with van der Waals surface area (Å²) in [6.07, 6.45) is -2.91. The van der Waals surface area contributed by atoms with E-state index in [0.29, 0.717) is 30.2 Å². The summed E-state index contributed by atoms with van der Waals surface area (Å²) < 4.78 is 47.0. The molecule has 2 N–H and O–H groups in total. The number of ether oxygens (including phenoxy) is 1. The van der Waals surface area contributed by atoms with Gasteiger partial charge in [-0.25, -0.2) is 4.68 Å². The van der Waals surface area contributed by atoms with Gasteiger partial charge in [-0.1, -0.05) is 18.2 Å². The number of anilines is 2. The third kappa shape index (κ3) is 5.03. The molecule has 1 fully saturated rings. The van der Waals surface area contributed by atoms with Crippen molar-refractivity contribution in [3.8, 4) is 0 Å². The molecule has 2 amide bonds. The standard InChI is InChI=1S/C22H19F3N4O4/c23-22(24,25)16-10-14(27-20(31)18-6-3-9-33-18)7-8-17(16)28-19(30)12-29-21(32)15-5-2-1-4-13(15)11-26-29/h1-2,4-5,7-8,10-11,18H,3,6,9,12H2,(H,27,31)(H,28,30). The highest BCUT2D eigenvalue weighted by atomic mass is 19.4. The molecule has 1 saturated heterocycles. The average Bonchev–Trinajstić information content (AvgIpc) is 3.31. The van der Waals surface area contributed by atoms with Gasteiger partial charge < -0.3 is 15.4 Å². The van der Waals surface area contributed by atoms with E-state index >= 15 is 0 Å². The van der Waals surface area contributed by atoms with E-state index in [0.717, 1.165) is 16.8 Å². The van der Waals surface area contributed by atoms with E-state index < -0.39 is 47.4 Å². The van der Waals surface area contributed by atoms with E-state index in [9.17, 15) is 27.6 Å². The van der Waals surface area contributed by atoms with Gasteiger partial charge >= 0.3 is 6.18 Å². The van der Waals surface area contributed by atoms with Crippen molar-refractivity contribution in [3.05, 3.63) is 64.6 Å². The number of nitrogens with zero attached hydrogens (tertiary/aromatic N) is 2. The fraction of sp³-hybridized carbons (Fsp3) is 0.273. The van der Waals surface area contributed by atoms with Crippen LogP contribution in [0.1, 0.15) is 18.4 Å². The molecule has 1 unspecified atom stereocenters. The predicted molar refractivity (Wildman–Crippen MR) is 114 cm³/mol. The molecule has 1 aliphatic rings. The molecule has 172 valence electrons. The number of carbonyl (C=O) groups is 2. The maximum atomic E-state index is 13.6. The number of rotatable bonds is 5. The molecule has 0 bridgehead atoms. The number of nitrogens with one attached hydrogen (secondary N) is 2. The second kappa shape index (κ2) is 9.02. The molecule has 33 heavy (non-hydrogen) atoms. The first kappa shape index (κ1) is 22.5. The van der Waals surface area contributed by atoms with Crippen molar-refractivity contribution >= 4 is 34.0 Å². The SMILES string of the molecule is O=C(Cn1ncc2ccccc2c1=O)Nc1ccc(NC(=O)C2CCCO2)cc1C(F)(F)F. The number of carbonyl (C=O) groups excluding carboxylic acids is 2. The zero-order chi connectivity index (χ0) is 23.6. The molecule has 8 nitrogen and oxygen atoms in total. The molecule has 0 saturated carbocycles. The van der Waals surface area contributed by atoms with Crippen molar-refractivity contribution in [1.82, 2.24) is 9.78 Å². The lowest BCUT2D eigenvalue weighted by molar-refractivity contribution is -0.137. The fourth-order valence-corrected chi connectivity index (χ4v) is 3.54. The van der Waals surface area contributed by atoms with E-state index in [1.54, 1.807) is 24.3 Å². The van der Waals surface area contributed by atoms with Gasteiger partial charge in [0.1, 0.15) is 12.6 Å². The minimum absolute atomic E-state index is 0.0757. The molecule has 0 radical (unpaired) electrons. The molecule has 3 aromatic rings. The van der Waals surface area contributed by atoms with Gasteiger partial charge in [0.05, 0.1) is 22.8 Å². The van der Waals surface area contributed by atoms with Crippen LogP contribution in [0.25, 0.3) is 10.8 Å². The summed E-state index contributed by atoms with van der Waals surface area (Å²) in [5.74, 6) is -1.39. The van der Waals surface area contributed by atoms with Crippen molar-refractivity contribution in [2.24, 2.45) is 0 Å². The number of hydrogen-bond acceptors (Lipinski definition) is 5. The first-order valence-corrected chi connectivity index (χ1v) is 10.1. The highest BCUT2D eigenvalue weighted by Gasteiger charge is 2.35. The number of amides is 2. The van der Waals surface area contributed by atoms with Crippen LogP contribution in [0.3, 0.4) is 0 Å². The third-order valence-corrected chi connectivity index (χ3v) is 5.14. The summed E-state index contributed by atoms with van der Waals surface area (Å²) in [6.45, 7) is -0.148. The Hall–Kier alpha value is -3.73. The summed E-state index contributed by atoms with van der Waals surface area (Å²) in [6, 6.07) is 9.67. The van der Waals surface area contributed by atoms with Gasteiger partial charge in [-0.05, 0) is 37.1 Å². The summed E-state index contributed by atoms with van der Waals surface area (Å²) in [4.78, 5) is 37.1. The summed E-state index contributed by atoms with van der Waals surface area (Å²) >= 11 is 0. The first-order valence-electron chi connectivity index (χ1n) is 10.1. The minimum Gasteiger partial charge on any atom is -0.368 e. The highest BCUT2D eigenvalue weighted by molar-refractivity contribution is 5.96. The maximum Gasteiger partial charge on any atom is 0.418 e. The van der Waals surface area contributed by atoms with Crippen LogP contribution in [0.15, 0.2) is 53.5 Å². The lowest BCUT2D eigenvalue weighted by Crippen LogP contribution is -2.30. The zero-order valence-electron chi connectivity index (χ0n) is 17.2. The molecular formula is C22H19F3N4O4. The molecule has 2 aromatic carbocycles. The van der Waals surface area contributed by atoms with E-state index in [1.165, 1.54) is 12.3 Å². The van der Waals surface area contributed by atoms with E-state index in [4.69, 9.17) is 4.74 Å². The van der Waals surface area contributed by atoms with Crippen LogP contribution in [-0.4, -0.2) is 34.3 Å². The molecule has 11 heteroatoms. The number of fused-ring (bicyclic) bond motifs is 1. The second-order valence-corrected chi connectivity index (χ2v) is 7.49. The third-order valence-electron chi connectivity index (χ3n) is 5.14. The van der Waals surface area contributed by atoms with Crippen LogP contribution in [0, 0.1) is 0 Å². The predicted octanol–water partition coefficient (Wildman–Crippen LogP) is 3.17. The molecule has 1 atom stereocenters. The number of hydrogen-bond donors (Lipinski definition) is 2. The van der Waals surface area contributed by atoms with Gasteiger partial charge in [0.25, 0.3) is 11.5 Å². The maximum absolute atomic E-state index is 13.6. The van der Waals surface area contributed by atoms with E-state index in [1.807, 2.05) is 0 Å². The lowest BCUT2D eigenvalue weighted by Gasteiger charge is -2.17. The number of aromatic nitrogens is 2. The molecule has 2 heterocycles. The van der Waals surface area contributed by atoms with Crippen molar-refractivity contribution < 1.29 is 27.5 Å². The van der Waals surface area contributed by atoms with E-state index in [2.05, 4.69) is 15.7 Å². The van der Waals surface area contributed by atoms with Crippen LogP contribution in [0.5, 0.6) is 0 Å². The van der Waals surface area contributed by atoms with Crippen LogP contribution < -0.4 is 16.2 Å². The molecule has 1 aliphatic heterocycles. The van der Waals surface area contributed by atoms with Gasteiger partial charge in [0, 0.05) is 17.7 Å². The van der Waals surface area contributed by atoms with Crippen LogP contribution >= 0.6 is 0 Å². The van der Waals surface area contributed by atoms with Crippen molar-refractivity contribution in [1.29, 1.82) is 0 Å². The summed E-state index contributed by atoms with van der Waals surface area (Å²) in [5.41, 5.74) is -2.25. The van der Waals surface area contributed by atoms with E-state index in [-0.39, 0.29) is 5.69 Å². The lowest BCUT2D eigenvalue weighted by atomic mass is 10.1. The zero-order valence-corrected chi connectivity index (χ0v) is 17.2. The molecule has 0 spiro atoms. The Morgan fingerprint density at radius 1 is 1.15 bits per heavy atom. The van der Waals surface area contributed by atoms with Gasteiger partial charge in [-0.2, -0.15) is 18.3 Å². The highest BCUT2D eigenvalue weighted by Crippen LogP contribution is 2.36. The number of halogens is 3. The Kier molecular flexibility index (Phi) is 6.14. The molecule has 4 rings (SSSR count). The Bertz CT molecular complexity index is 1270. The normalized spacial score (nSPS) is 16.0. The molecule has 1 aromatic heterocycles. The number of benzene rings is 2. The second-order valence-electron chi connectivity index (χ2n) is 7.49. The molecule has 0 aliphatic carbocycles. The average molecular weight is 460 g/mol. The first-order chi connectivity index (χ1) is 15.7. The number of alkyl halides is 3. The van der Waals surface area contributed by atoms with Crippen molar-refractivity contribution in [2.75, 3.05) is 17.2 Å². The van der Waals surface area contributed by atoms with Crippen LogP contribution in [0.4, 0.5) is 24.5 Å². The Morgan fingerprint density at radius 2 is 1.94 bits per heavy atom. The Labute approximate surface area is 185 Å². The Morgan fingerprint density at radius 3 is 2.67 bits per heavy atom. The van der Waals surface area contributed by atoms with Crippen LogP contribution in [-0.2, 0) is 27.0 Å². The summed E-state index contributed by atoms with van der Waals surface area (Å²) in [7, 11) is 0. The largest absolute Gasteiger partial charge is 0.418 e. The van der Waals surface area contributed by atoms with Gasteiger partial charge in [0.2, 0.25) is 5.91 Å². The van der Waals surface area contributed by atoms with Crippen LogP contribution in [0.2, 0.25) is 0 Å². The smallest absolute Gasteiger partial charge is 0.368 e. The van der Waals surface area contributed by atoms with Gasteiger partial charge in [0.15, 0.2) is 0 Å². The minimum atomic E-state index is -4.80. The quantitative estimate of drug-likeness (QED) is 0.609. The Balaban J connectivity index is 1.53. The van der Waals surface area contributed by atoms with Gasteiger partial charge in [-0.15, -0.1) is 0 Å².